The van der Waals surface area contributed by atoms with Crippen LogP contribution in [-0.2, 0) is 0 Å². The molecule has 3 rings (SSSR count). The molecule has 0 radical (unpaired) electrons. The summed E-state index contributed by atoms with van der Waals surface area (Å²) in [6, 6.07) is 21.7. The van der Waals surface area contributed by atoms with Gasteiger partial charge in [-0.25, -0.2) is 0 Å². The van der Waals surface area contributed by atoms with Crippen molar-refractivity contribution in [2.45, 2.75) is 26.8 Å². The molecule has 21 heavy (non-hydrogen) atoms. The summed E-state index contributed by atoms with van der Waals surface area (Å²) in [5.41, 5.74) is 6.44. The van der Waals surface area contributed by atoms with E-state index >= 15 is 0 Å². The zero-order valence-corrected chi connectivity index (χ0v) is 12.9. The van der Waals surface area contributed by atoms with Gasteiger partial charge in [0.1, 0.15) is 0 Å². The molecule has 2 aromatic rings. The summed E-state index contributed by atoms with van der Waals surface area (Å²) in [6.07, 6.45) is 0. The Morgan fingerprint density at radius 1 is 0.810 bits per heavy atom. The first-order chi connectivity index (χ1) is 10.2. The molecule has 0 unspecified atom stereocenters. The van der Waals surface area contributed by atoms with E-state index in [9.17, 15) is 0 Å². The third-order valence-corrected chi connectivity index (χ3v) is 4.36. The maximum atomic E-state index is 4.78. The third kappa shape index (κ3) is 2.56. The summed E-state index contributed by atoms with van der Waals surface area (Å²) < 4.78 is 0. The molecule has 1 heteroatoms. The molecule has 0 bridgehead atoms. The van der Waals surface area contributed by atoms with Crippen LogP contribution in [0.3, 0.4) is 0 Å². The fraction of sp³-hybridized carbons (Fsp3) is 0.250. The maximum Gasteiger partial charge on any atom is 0.0541 e. The molecule has 1 aliphatic rings. The summed E-state index contributed by atoms with van der Waals surface area (Å²) in [4.78, 5) is 4.78. The Morgan fingerprint density at radius 2 is 1.29 bits per heavy atom. The lowest BCUT2D eigenvalue weighted by molar-refractivity contribution is 0.600. The smallest absolute Gasteiger partial charge is 0.0541 e. The van der Waals surface area contributed by atoms with E-state index in [0.29, 0.717) is 12.0 Å². The Kier molecular flexibility index (Phi) is 3.74. The van der Waals surface area contributed by atoms with Gasteiger partial charge in [0, 0.05) is 11.6 Å². The van der Waals surface area contributed by atoms with E-state index in [1.165, 1.54) is 28.0 Å². The number of nitrogens with zero attached hydrogens (tertiary/aromatic N) is 1. The second kappa shape index (κ2) is 5.69. The van der Waals surface area contributed by atoms with Crippen molar-refractivity contribution in [3.63, 3.8) is 0 Å². The third-order valence-electron chi connectivity index (χ3n) is 4.36. The second-order valence-corrected chi connectivity index (χ2v) is 5.76. The topological polar surface area (TPSA) is 12.4 Å². The lowest BCUT2D eigenvalue weighted by atomic mass is 9.85. The Morgan fingerprint density at radius 3 is 1.67 bits per heavy atom. The zero-order chi connectivity index (χ0) is 14.8. The predicted molar refractivity (Wildman–Crippen MR) is 90.6 cm³/mol. The molecule has 0 N–H and O–H groups in total. The van der Waals surface area contributed by atoms with Crippen molar-refractivity contribution in [2.24, 2.45) is 10.9 Å². The Labute approximate surface area is 127 Å². The van der Waals surface area contributed by atoms with E-state index < -0.39 is 0 Å². The highest BCUT2D eigenvalue weighted by Crippen LogP contribution is 2.36. The summed E-state index contributed by atoms with van der Waals surface area (Å²) in [5.74, 6) is 0.459. The van der Waals surface area contributed by atoms with E-state index in [-0.39, 0.29) is 0 Å². The molecule has 0 fully saturated rings. The largest absolute Gasteiger partial charge is 0.286 e. The lowest BCUT2D eigenvalue weighted by Crippen LogP contribution is -2.11. The number of rotatable bonds is 2. The van der Waals surface area contributed by atoms with E-state index in [4.69, 9.17) is 4.99 Å². The van der Waals surface area contributed by atoms with Gasteiger partial charge in [-0.05, 0) is 36.1 Å². The molecular formula is C20H21N. The van der Waals surface area contributed by atoms with Crippen LogP contribution in [-0.4, -0.2) is 11.8 Å². The van der Waals surface area contributed by atoms with Crippen LogP contribution < -0.4 is 0 Å². The van der Waals surface area contributed by atoms with Gasteiger partial charge in [-0.3, -0.25) is 4.99 Å². The summed E-state index contributed by atoms with van der Waals surface area (Å²) >= 11 is 0. The predicted octanol–water partition coefficient (Wildman–Crippen LogP) is 4.99. The summed E-state index contributed by atoms with van der Waals surface area (Å²) in [6.45, 7) is 6.63. The van der Waals surface area contributed by atoms with E-state index in [0.717, 1.165) is 0 Å². The molecule has 2 aromatic carbocycles. The fourth-order valence-corrected chi connectivity index (χ4v) is 3.15. The van der Waals surface area contributed by atoms with Crippen molar-refractivity contribution < 1.29 is 0 Å². The molecule has 2 atom stereocenters. The minimum absolute atomic E-state index is 0.363. The van der Waals surface area contributed by atoms with Crippen molar-refractivity contribution in [1.82, 2.24) is 0 Å². The second-order valence-electron chi connectivity index (χ2n) is 5.76. The van der Waals surface area contributed by atoms with Crippen molar-refractivity contribution in [2.75, 3.05) is 0 Å². The molecule has 106 valence electrons. The van der Waals surface area contributed by atoms with Gasteiger partial charge in [-0.1, -0.05) is 67.6 Å². The molecule has 1 aliphatic heterocycles. The van der Waals surface area contributed by atoms with Gasteiger partial charge in [-0.15, -0.1) is 0 Å². The number of aliphatic imine (C=N–C) groups is 1. The SMILES string of the molecule is CC1=N[C@@H](C)[C@H](C)C1=C(c1ccccc1)c1ccccc1. The van der Waals surface area contributed by atoms with E-state index in [1.54, 1.807) is 0 Å². The Hall–Kier alpha value is -2.15. The molecule has 1 nitrogen and oxygen atoms in total. The number of benzene rings is 2. The van der Waals surface area contributed by atoms with E-state index in [2.05, 4.69) is 81.4 Å². The fourth-order valence-electron chi connectivity index (χ4n) is 3.15. The standard InChI is InChI=1S/C20H21N/c1-14-15(2)21-16(3)19(14)20(17-10-6-4-7-11-17)18-12-8-5-9-13-18/h4-15H,1-3H3/t14-,15-/m0/s1. The monoisotopic (exact) mass is 275 g/mol. The van der Waals surface area contributed by atoms with Crippen LogP contribution in [0.5, 0.6) is 0 Å². The van der Waals surface area contributed by atoms with Crippen LogP contribution in [0.2, 0.25) is 0 Å². The van der Waals surface area contributed by atoms with Gasteiger partial charge in [0.25, 0.3) is 0 Å². The molecule has 0 aliphatic carbocycles. The highest BCUT2D eigenvalue weighted by Gasteiger charge is 2.28. The molecule has 1 heterocycles. The normalized spacial score (nSPS) is 21.3. The summed E-state index contributed by atoms with van der Waals surface area (Å²) in [7, 11) is 0. The molecule has 0 saturated carbocycles. The zero-order valence-electron chi connectivity index (χ0n) is 12.9. The molecular weight excluding hydrogens is 254 g/mol. The quantitative estimate of drug-likeness (QED) is 0.732. The lowest BCUT2D eigenvalue weighted by Gasteiger charge is -2.18. The minimum atomic E-state index is 0.363. The van der Waals surface area contributed by atoms with Crippen LogP contribution in [0, 0.1) is 5.92 Å². The average Bonchev–Trinajstić information content (AvgIpc) is 2.76. The molecule has 0 amide bonds. The first-order valence-electron chi connectivity index (χ1n) is 7.58. The Balaban J connectivity index is 2.26. The Bertz CT molecular complexity index is 639. The van der Waals surface area contributed by atoms with Gasteiger partial charge in [0.2, 0.25) is 0 Å². The van der Waals surface area contributed by atoms with Gasteiger partial charge in [0.15, 0.2) is 0 Å². The first-order valence-corrected chi connectivity index (χ1v) is 7.58. The number of hydrogen-bond donors (Lipinski definition) is 0. The van der Waals surface area contributed by atoms with Crippen LogP contribution >= 0.6 is 0 Å². The average molecular weight is 275 g/mol. The van der Waals surface area contributed by atoms with Gasteiger partial charge >= 0.3 is 0 Å². The van der Waals surface area contributed by atoms with E-state index in [1.807, 2.05) is 0 Å². The first kappa shape index (κ1) is 13.8. The molecule has 0 aromatic heterocycles. The van der Waals surface area contributed by atoms with Crippen molar-refractivity contribution >= 4 is 11.3 Å². The molecule has 0 spiro atoms. The van der Waals surface area contributed by atoms with Gasteiger partial charge in [-0.2, -0.15) is 0 Å². The van der Waals surface area contributed by atoms with Crippen LogP contribution in [0.25, 0.3) is 5.57 Å². The molecule has 0 saturated heterocycles. The summed E-state index contributed by atoms with van der Waals surface area (Å²) in [5, 5.41) is 0. The van der Waals surface area contributed by atoms with Crippen molar-refractivity contribution in [1.29, 1.82) is 0 Å². The van der Waals surface area contributed by atoms with Crippen molar-refractivity contribution in [3.8, 4) is 0 Å². The van der Waals surface area contributed by atoms with Crippen molar-refractivity contribution in [3.05, 3.63) is 77.4 Å². The minimum Gasteiger partial charge on any atom is -0.286 e. The van der Waals surface area contributed by atoms with Gasteiger partial charge in [0.05, 0.1) is 6.04 Å². The maximum absolute atomic E-state index is 4.78. The van der Waals surface area contributed by atoms with Gasteiger partial charge < -0.3 is 0 Å². The highest BCUT2D eigenvalue weighted by atomic mass is 14.8. The number of hydrogen-bond acceptors (Lipinski definition) is 1. The van der Waals surface area contributed by atoms with Crippen LogP contribution in [0.15, 0.2) is 71.2 Å². The highest BCUT2D eigenvalue weighted by molar-refractivity contribution is 6.09. The van der Waals surface area contributed by atoms with Crippen LogP contribution in [0.4, 0.5) is 0 Å². The van der Waals surface area contributed by atoms with Crippen LogP contribution in [0.1, 0.15) is 31.9 Å².